The molecule has 3 heterocycles. The van der Waals surface area contributed by atoms with Crippen LogP contribution in [0.3, 0.4) is 0 Å². The number of hydrogen-bond acceptors (Lipinski definition) is 5. The van der Waals surface area contributed by atoms with E-state index in [9.17, 15) is 0 Å². The van der Waals surface area contributed by atoms with Gasteiger partial charge >= 0.3 is 0 Å². The molecular weight excluding hydrogens is 376 g/mol. The maximum atomic E-state index is 6.24. The van der Waals surface area contributed by atoms with E-state index in [0.717, 1.165) is 29.0 Å². The summed E-state index contributed by atoms with van der Waals surface area (Å²) in [6.07, 6.45) is 4.56. The molecule has 27 heavy (non-hydrogen) atoms. The summed E-state index contributed by atoms with van der Waals surface area (Å²) in [4.78, 5) is 17.5. The minimum atomic E-state index is 0.286. The van der Waals surface area contributed by atoms with Crippen LogP contribution in [0.15, 0.2) is 54.9 Å². The maximum Gasteiger partial charge on any atom is 0.225 e. The van der Waals surface area contributed by atoms with Crippen LogP contribution in [0.1, 0.15) is 10.4 Å². The average Bonchev–Trinajstić information content (AvgIpc) is 3.02. The maximum absolute atomic E-state index is 6.24. The molecule has 136 valence electrons. The molecule has 0 unspecified atom stereocenters. The molecule has 0 radical (unpaired) electrons. The molecule has 4 aromatic rings. The summed E-state index contributed by atoms with van der Waals surface area (Å²) >= 11 is 7.91. The zero-order valence-electron chi connectivity index (χ0n) is 15.2. The Kier molecular flexibility index (Phi) is 5.05. The number of hydrogen-bond donors (Lipinski definition) is 0. The van der Waals surface area contributed by atoms with Crippen molar-refractivity contribution in [1.29, 1.82) is 0 Å². The lowest BCUT2D eigenvalue weighted by atomic mass is 10.0. The number of pyridine rings is 1. The molecule has 0 saturated carbocycles. The van der Waals surface area contributed by atoms with E-state index in [1.165, 1.54) is 21.6 Å². The summed E-state index contributed by atoms with van der Waals surface area (Å²) in [6.45, 7) is 2.96. The van der Waals surface area contributed by atoms with E-state index in [1.54, 1.807) is 11.3 Å². The van der Waals surface area contributed by atoms with Crippen LogP contribution >= 0.6 is 22.9 Å². The SMILES string of the molecule is Cc1sc2nc(Cl)nc(N(C)CCc3ccncc3)c2c1-c1ccccc1. The first-order valence-electron chi connectivity index (χ1n) is 8.75. The summed E-state index contributed by atoms with van der Waals surface area (Å²) in [5.41, 5.74) is 3.62. The van der Waals surface area contributed by atoms with Gasteiger partial charge in [0.25, 0.3) is 0 Å². The highest BCUT2D eigenvalue weighted by Crippen LogP contribution is 2.41. The zero-order valence-corrected chi connectivity index (χ0v) is 16.8. The van der Waals surface area contributed by atoms with Crippen molar-refractivity contribution >= 4 is 39.0 Å². The van der Waals surface area contributed by atoms with E-state index < -0.39 is 0 Å². The van der Waals surface area contributed by atoms with Gasteiger partial charge in [0.05, 0.1) is 5.39 Å². The second-order valence-corrected chi connectivity index (χ2v) is 7.96. The molecule has 4 rings (SSSR count). The number of aryl methyl sites for hydroxylation is 1. The number of aromatic nitrogens is 3. The number of likely N-dealkylation sites (N-methyl/N-ethyl adjacent to an activating group) is 1. The highest BCUT2D eigenvalue weighted by molar-refractivity contribution is 7.19. The van der Waals surface area contributed by atoms with Crippen LogP contribution in [0.4, 0.5) is 5.82 Å². The summed E-state index contributed by atoms with van der Waals surface area (Å²) in [5.74, 6) is 0.877. The van der Waals surface area contributed by atoms with Crippen molar-refractivity contribution in [2.24, 2.45) is 0 Å². The van der Waals surface area contributed by atoms with Gasteiger partial charge in [0.2, 0.25) is 5.28 Å². The first kappa shape index (κ1) is 17.9. The minimum absolute atomic E-state index is 0.286. The Balaban J connectivity index is 1.77. The topological polar surface area (TPSA) is 41.9 Å². The molecule has 3 aromatic heterocycles. The highest BCUT2D eigenvalue weighted by Gasteiger charge is 2.20. The number of halogens is 1. The second-order valence-electron chi connectivity index (χ2n) is 6.42. The molecule has 0 saturated heterocycles. The molecular formula is C21H19ClN4S. The monoisotopic (exact) mass is 394 g/mol. The number of nitrogens with zero attached hydrogens (tertiary/aromatic N) is 4. The fraction of sp³-hybridized carbons (Fsp3) is 0.190. The molecule has 0 bridgehead atoms. The lowest BCUT2D eigenvalue weighted by Crippen LogP contribution is -2.22. The molecule has 1 aromatic carbocycles. The Morgan fingerprint density at radius 3 is 2.52 bits per heavy atom. The van der Waals surface area contributed by atoms with Crippen LogP contribution in [-0.4, -0.2) is 28.5 Å². The zero-order chi connectivity index (χ0) is 18.8. The van der Waals surface area contributed by atoms with Gasteiger partial charge in [-0.25, -0.2) is 4.98 Å². The van der Waals surface area contributed by atoms with E-state index in [4.69, 9.17) is 11.6 Å². The van der Waals surface area contributed by atoms with Gasteiger partial charge in [-0.2, -0.15) is 4.98 Å². The van der Waals surface area contributed by atoms with E-state index in [-0.39, 0.29) is 5.28 Å². The van der Waals surface area contributed by atoms with Crippen LogP contribution in [0.25, 0.3) is 21.3 Å². The Hall–Kier alpha value is -2.50. The Bertz CT molecular complexity index is 1060. The van der Waals surface area contributed by atoms with Crippen molar-refractivity contribution in [3.8, 4) is 11.1 Å². The van der Waals surface area contributed by atoms with Gasteiger partial charge in [0.1, 0.15) is 10.6 Å². The van der Waals surface area contributed by atoms with Crippen LogP contribution in [0.2, 0.25) is 5.28 Å². The number of benzene rings is 1. The molecule has 6 heteroatoms. The second kappa shape index (κ2) is 7.62. The molecule has 4 nitrogen and oxygen atoms in total. The quantitative estimate of drug-likeness (QED) is 0.425. The fourth-order valence-electron chi connectivity index (χ4n) is 3.25. The van der Waals surface area contributed by atoms with Crippen molar-refractivity contribution in [1.82, 2.24) is 15.0 Å². The molecule has 0 fully saturated rings. The van der Waals surface area contributed by atoms with Crippen LogP contribution in [0.5, 0.6) is 0 Å². The van der Waals surface area contributed by atoms with Gasteiger partial charge in [-0.15, -0.1) is 11.3 Å². The molecule has 0 aliphatic rings. The minimum Gasteiger partial charge on any atom is -0.359 e. The third-order valence-corrected chi connectivity index (χ3v) is 5.76. The Labute approximate surface area is 167 Å². The smallest absolute Gasteiger partial charge is 0.225 e. The largest absolute Gasteiger partial charge is 0.359 e. The van der Waals surface area contributed by atoms with Crippen LogP contribution < -0.4 is 4.90 Å². The van der Waals surface area contributed by atoms with Gasteiger partial charge in [0, 0.05) is 36.4 Å². The fourth-order valence-corrected chi connectivity index (χ4v) is 4.50. The normalized spacial score (nSPS) is 11.1. The van der Waals surface area contributed by atoms with Gasteiger partial charge in [-0.1, -0.05) is 30.3 Å². The predicted octanol–water partition coefficient (Wildman–Crippen LogP) is 5.39. The van der Waals surface area contributed by atoms with Crippen molar-refractivity contribution < 1.29 is 0 Å². The van der Waals surface area contributed by atoms with E-state index in [0.29, 0.717) is 0 Å². The van der Waals surface area contributed by atoms with Crippen LogP contribution in [0, 0.1) is 6.92 Å². The van der Waals surface area contributed by atoms with E-state index >= 15 is 0 Å². The third kappa shape index (κ3) is 3.66. The van der Waals surface area contributed by atoms with Crippen LogP contribution in [-0.2, 0) is 6.42 Å². The van der Waals surface area contributed by atoms with Gasteiger partial charge in [-0.05, 0) is 48.2 Å². The van der Waals surface area contributed by atoms with Crippen molar-refractivity contribution in [3.05, 3.63) is 70.6 Å². The first-order chi connectivity index (χ1) is 13.1. The number of thiophene rings is 1. The van der Waals surface area contributed by atoms with Crippen molar-refractivity contribution in [2.75, 3.05) is 18.5 Å². The lowest BCUT2D eigenvalue weighted by Gasteiger charge is -2.20. The Morgan fingerprint density at radius 2 is 1.78 bits per heavy atom. The molecule has 0 atom stereocenters. The number of fused-ring (bicyclic) bond motifs is 1. The van der Waals surface area contributed by atoms with Gasteiger partial charge in [-0.3, -0.25) is 4.98 Å². The average molecular weight is 395 g/mol. The third-order valence-electron chi connectivity index (χ3n) is 4.59. The molecule has 0 spiro atoms. The van der Waals surface area contributed by atoms with Gasteiger partial charge < -0.3 is 4.90 Å². The molecule has 0 aliphatic heterocycles. The summed E-state index contributed by atoms with van der Waals surface area (Å²) in [7, 11) is 2.06. The molecule has 0 amide bonds. The number of rotatable bonds is 5. The summed E-state index contributed by atoms with van der Waals surface area (Å²) < 4.78 is 0. The highest BCUT2D eigenvalue weighted by atomic mass is 35.5. The van der Waals surface area contributed by atoms with Crippen molar-refractivity contribution in [2.45, 2.75) is 13.3 Å². The Morgan fingerprint density at radius 1 is 1.04 bits per heavy atom. The summed E-state index contributed by atoms with van der Waals surface area (Å²) in [5, 5.41) is 1.36. The molecule has 0 N–H and O–H groups in total. The first-order valence-corrected chi connectivity index (χ1v) is 9.95. The summed E-state index contributed by atoms with van der Waals surface area (Å²) in [6, 6.07) is 14.5. The van der Waals surface area contributed by atoms with E-state index in [1.807, 2.05) is 30.6 Å². The molecule has 0 aliphatic carbocycles. The van der Waals surface area contributed by atoms with E-state index in [2.05, 4.69) is 58.1 Å². The lowest BCUT2D eigenvalue weighted by molar-refractivity contribution is 0.861. The standard InChI is InChI=1S/C21H19ClN4S/c1-14-17(16-6-4-3-5-7-16)18-19(24-21(22)25-20(18)27-14)26(2)13-10-15-8-11-23-12-9-15/h3-9,11-12H,10,13H2,1-2H3. The number of anilines is 1. The van der Waals surface area contributed by atoms with Gasteiger partial charge in [0.15, 0.2) is 0 Å². The predicted molar refractivity (Wildman–Crippen MR) is 114 cm³/mol. The van der Waals surface area contributed by atoms with Crippen molar-refractivity contribution in [3.63, 3.8) is 0 Å².